The van der Waals surface area contributed by atoms with Gasteiger partial charge in [0.15, 0.2) is 0 Å². The number of anilines is 1. The SMILES string of the molecule is COC(=O)c1ccc(C#Cc2ccccc2N)cc1. The van der Waals surface area contributed by atoms with Crippen molar-refractivity contribution in [1.29, 1.82) is 0 Å². The molecule has 0 atom stereocenters. The molecule has 0 amide bonds. The van der Waals surface area contributed by atoms with E-state index in [1.165, 1.54) is 7.11 Å². The number of hydrogen-bond acceptors (Lipinski definition) is 3. The molecule has 2 rings (SSSR count). The second-order valence-corrected chi connectivity index (χ2v) is 3.91. The number of methoxy groups -OCH3 is 1. The van der Waals surface area contributed by atoms with Gasteiger partial charge in [0.05, 0.1) is 12.7 Å². The summed E-state index contributed by atoms with van der Waals surface area (Å²) in [6, 6.07) is 14.4. The van der Waals surface area contributed by atoms with Gasteiger partial charge in [0, 0.05) is 16.8 Å². The predicted octanol–water partition coefficient (Wildman–Crippen LogP) is 2.46. The van der Waals surface area contributed by atoms with E-state index in [9.17, 15) is 4.79 Å². The number of nitrogens with two attached hydrogens (primary N) is 1. The smallest absolute Gasteiger partial charge is 0.337 e. The average molecular weight is 251 g/mol. The van der Waals surface area contributed by atoms with Crippen molar-refractivity contribution >= 4 is 11.7 Å². The van der Waals surface area contributed by atoms with Crippen LogP contribution in [0.15, 0.2) is 48.5 Å². The zero-order valence-corrected chi connectivity index (χ0v) is 10.5. The monoisotopic (exact) mass is 251 g/mol. The van der Waals surface area contributed by atoms with E-state index in [2.05, 4.69) is 16.6 Å². The lowest BCUT2D eigenvalue weighted by Crippen LogP contribution is -2.00. The number of nitrogen functional groups attached to an aromatic ring is 1. The number of para-hydroxylation sites is 1. The topological polar surface area (TPSA) is 52.3 Å². The van der Waals surface area contributed by atoms with Crippen LogP contribution < -0.4 is 5.73 Å². The fraction of sp³-hybridized carbons (Fsp3) is 0.0625. The highest BCUT2D eigenvalue weighted by Crippen LogP contribution is 2.09. The summed E-state index contributed by atoms with van der Waals surface area (Å²) in [4.78, 5) is 11.3. The Kier molecular flexibility index (Phi) is 3.84. The summed E-state index contributed by atoms with van der Waals surface area (Å²) in [5, 5.41) is 0. The minimum Gasteiger partial charge on any atom is -0.465 e. The van der Waals surface area contributed by atoms with Crippen molar-refractivity contribution in [3.05, 3.63) is 65.2 Å². The van der Waals surface area contributed by atoms with Crippen LogP contribution in [0, 0.1) is 11.8 Å². The molecule has 0 saturated heterocycles. The van der Waals surface area contributed by atoms with Crippen LogP contribution in [0.3, 0.4) is 0 Å². The number of rotatable bonds is 1. The fourth-order valence-electron chi connectivity index (χ4n) is 1.56. The third-order valence-corrected chi connectivity index (χ3v) is 2.61. The van der Waals surface area contributed by atoms with Crippen LogP contribution in [0.4, 0.5) is 5.69 Å². The highest BCUT2D eigenvalue weighted by Gasteiger charge is 2.03. The van der Waals surface area contributed by atoms with Crippen LogP contribution in [-0.2, 0) is 4.74 Å². The molecule has 0 heterocycles. The van der Waals surface area contributed by atoms with Crippen molar-refractivity contribution in [3.8, 4) is 11.8 Å². The van der Waals surface area contributed by atoms with Crippen LogP contribution in [0.5, 0.6) is 0 Å². The Morgan fingerprint density at radius 2 is 1.74 bits per heavy atom. The average Bonchev–Trinajstić information content (AvgIpc) is 2.46. The summed E-state index contributed by atoms with van der Waals surface area (Å²) >= 11 is 0. The Labute approximate surface area is 112 Å². The van der Waals surface area contributed by atoms with E-state index >= 15 is 0 Å². The normalized spacial score (nSPS) is 9.32. The third-order valence-electron chi connectivity index (χ3n) is 2.61. The summed E-state index contributed by atoms with van der Waals surface area (Å²) in [6.45, 7) is 0. The van der Waals surface area contributed by atoms with Gasteiger partial charge in [-0.1, -0.05) is 24.0 Å². The molecule has 0 aliphatic carbocycles. The molecule has 0 aromatic heterocycles. The van der Waals surface area contributed by atoms with Crippen molar-refractivity contribution in [2.75, 3.05) is 12.8 Å². The Bertz CT molecular complexity index is 648. The largest absolute Gasteiger partial charge is 0.465 e. The van der Waals surface area contributed by atoms with Crippen molar-refractivity contribution < 1.29 is 9.53 Å². The molecular weight excluding hydrogens is 238 g/mol. The molecule has 0 fully saturated rings. The lowest BCUT2D eigenvalue weighted by Gasteiger charge is -1.98. The minimum atomic E-state index is -0.355. The summed E-state index contributed by atoms with van der Waals surface area (Å²) in [5.41, 5.74) is 8.57. The lowest BCUT2D eigenvalue weighted by atomic mass is 10.1. The van der Waals surface area contributed by atoms with Gasteiger partial charge in [-0.15, -0.1) is 0 Å². The number of esters is 1. The van der Waals surface area contributed by atoms with Gasteiger partial charge in [-0.2, -0.15) is 0 Å². The highest BCUT2D eigenvalue weighted by atomic mass is 16.5. The number of ether oxygens (including phenoxy) is 1. The Hall–Kier alpha value is -2.73. The first-order valence-electron chi connectivity index (χ1n) is 5.75. The lowest BCUT2D eigenvalue weighted by molar-refractivity contribution is 0.0601. The number of carbonyl (C=O) groups excluding carboxylic acids is 1. The highest BCUT2D eigenvalue weighted by molar-refractivity contribution is 5.89. The van der Waals surface area contributed by atoms with Gasteiger partial charge in [-0.05, 0) is 36.4 Å². The second-order valence-electron chi connectivity index (χ2n) is 3.91. The van der Waals surface area contributed by atoms with Gasteiger partial charge >= 0.3 is 5.97 Å². The molecule has 0 unspecified atom stereocenters. The molecule has 0 radical (unpaired) electrons. The molecule has 0 spiro atoms. The third kappa shape index (κ3) is 3.14. The van der Waals surface area contributed by atoms with Crippen LogP contribution in [0.1, 0.15) is 21.5 Å². The van der Waals surface area contributed by atoms with Crippen LogP contribution in [0.25, 0.3) is 0 Å². The summed E-state index contributed by atoms with van der Waals surface area (Å²) < 4.78 is 4.63. The maximum atomic E-state index is 11.3. The number of benzene rings is 2. The molecule has 2 aromatic rings. The second kappa shape index (κ2) is 5.74. The first kappa shape index (κ1) is 12.7. The maximum absolute atomic E-state index is 11.3. The molecule has 19 heavy (non-hydrogen) atoms. The molecule has 0 aliphatic rings. The van der Waals surface area contributed by atoms with Crippen LogP contribution in [-0.4, -0.2) is 13.1 Å². The summed E-state index contributed by atoms with van der Waals surface area (Å²) in [7, 11) is 1.36. The molecule has 3 heteroatoms. The molecule has 0 saturated carbocycles. The number of hydrogen-bond donors (Lipinski definition) is 1. The van der Waals surface area contributed by atoms with Crippen molar-refractivity contribution in [3.63, 3.8) is 0 Å². The van der Waals surface area contributed by atoms with E-state index in [4.69, 9.17) is 5.73 Å². The van der Waals surface area contributed by atoms with Gasteiger partial charge in [0.1, 0.15) is 0 Å². The van der Waals surface area contributed by atoms with Crippen molar-refractivity contribution in [2.24, 2.45) is 0 Å². The van der Waals surface area contributed by atoms with Crippen molar-refractivity contribution in [2.45, 2.75) is 0 Å². The first-order chi connectivity index (χ1) is 9.20. The first-order valence-corrected chi connectivity index (χ1v) is 5.75. The van der Waals surface area contributed by atoms with Gasteiger partial charge in [-0.3, -0.25) is 0 Å². The van der Waals surface area contributed by atoms with E-state index in [-0.39, 0.29) is 5.97 Å². The quantitative estimate of drug-likeness (QED) is 0.481. The van der Waals surface area contributed by atoms with E-state index in [0.717, 1.165) is 11.1 Å². The van der Waals surface area contributed by atoms with Crippen molar-refractivity contribution in [1.82, 2.24) is 0 Å². The van der Waals surface area contributed by atoms with E-state index in [1.54, 1.807) is 24.3 Å². The van der Waals surface area contributed by atoms with Crippen LogP contribution >= 0.6 is 0 Å². The van der Waals surface area contributed by atoms with E-state index in [1.807, 2.05) is 24.3 Å². The van der Waals surface area contributed by atoms with Gasteiger partial charge in [0.25, 0.3) is 0 Å². The summed E-state index contributed by atoms with van der Waals surface area (Å²) in [6.07, 6.45) is 0. The molecule has 3 nitrogen and oxygen atoms in total. The van der Waals surface area contributed by atoms with Crippen LogP contribution in [0.2, 0.25) is 0 Å². The zero-order chi connectivity index (χ0) is 13.7. The standard InChI is InChI=1S/C16H13NO2/c1-19-16(18)14-10-7-12(8-11-14)6-9-13-4-2-3-5-15(13)17/h2-5,7-8,10-11H,17H2,1H3. The predicted molar refractivity (Wildman–Crippen MR) is 74.6 cm³/mol. The van der Waals surface area contributed by atoms with E-state index in [0.29, 0.717) is 11.3 Å². The Morgan fingerprint density at radius 1 is 1.05 bits per heavy atom. The van der Waals surface area contributed by atoms with Gasteiger partial charge < -0.3 is 10.5 Å². The maximum Gasteiger partial charge on any atom is 0.337 e. The molecule has 94 valence electrons. The summed E-state index contributed by atoms with van der Waals surface area (Å²) in [5.74, 6) is 5.65. The Morgan fingerprint density at radius 3 is 2.37 bits per heavy atom. The van der Waals surface area contributed by atoms with E-state index < -0.39 is 0 Å². The molecule has 2 aromatic carbocycles. The Balaban J connectivity index is 2.22. The minimum absolute atomic E-state index is 0.355. The fourth-order valence-corrected chi connectivity index (χ4v) is 1.56. The molecule has 0 bridgehead atoms. The van der Waals surface area contributed by atoms with Gasteiger partial charge in [0.2, 0.25) is 0 Å². The molecule has 2 N–H and O–H groups in total. The zero-order valence-electron chi connectivity index (χ0n) is 10.5. The molecule has 0 aliphatic heterocycles. The number of carbonyl (C=O) groups is 1. The van der Waals surface area contributed by atoms with Gasteiger partial charge in [-0.25, -0.2) is 4.79 Å². The molecular formula is C16H13NO2.